The van der Waals surface area contributed by atoms with Gasteiger partial charge in [-0.15, -0.1) is 0 Å². The Balaban J connectivity index is 2.01. The molecule has 1 heterocycles. The van der Waals surface area contributed by atoms with Crippen LogP contribution in [-0.2, 0) is 11.2 Å². The van der Waals surface area contributed by atoms with E-state index in [1.54, 1.807) is 0 Å². The molecule has 0 aliphatic heterocycles. The summed E-state index contributed by atoms with van der Waals surface area (Å²) in [6.45, 7) is 12.2. The van der Waals surface area contributed by atoms with Gasteiger partial charge in [-0.05, 0) is 63.0 Å². The Bertz CT molecular complexity index is 910. The Morgan fingerprint density at radius 3 is 2.08 bits per heavy atom. The predicted octanol–water partition coefficient (Wildman–Crippen LogP) is 3.96. The van der Waals surface area contributed by atoms with Crippen LogP contribution in [0.25, 0.3) is 5.57 Å². The fraction of sp³-hybridized carbons (Fsp3) is 0.364. The van der Waals surface area contributed by atoms with E-state index in [2.05, 4.69) is 30.3 Å². The summed E-state index contributed by atoms with van der Waals surface area (Å²) in [6.07, 6.45) is 8.75. The molecule has 0 saturated heterocycles. The first-order valence-corrected chi connectivity index (χ1v) is 9.33. The van der Waals surface area contributed by atoms with Crippen LogP contribution in [0.1, 0.15) is 43.3 Å². The number of aliphatic hydroxyl groups excluding tert-OH is 1. The molecule has 0 atom stereocenters. The molecule has 2 aliphatic rings. The van der Waals surface area contributed by atoms with E-state index in [1.807, 2.05) is 38.2 Å². The lowest BCUT2D eigenvalue weighted by molar-refractivity contribution is -0.519. The molecule has 26 heavy (non-hydrogen) atoms. The highest BCUT2D eigenvalue weighted by Crippen LogP contribution is 2.40. The molecule has 0 spiro atoms. The Kier molecular flexibility index (Phi) is 4.86. The van der Waals surface area contributed by atoms with E-state index in [1.165, 1.54) is 5.56 Å². The number of Topliss-reactive ketones (excluding diaryl/α,β-unsaturated/α-hetero) is 1. The van der Waals surface area contributed by atoms with Gasteiger partial charge in [-0.25, -0.2) is 4.58 Å². The number of rotatable bonds is 4. The van der Waals surface area contributed by atoms with Gasteiger partial charge in [0.2, 0.25) is 5.78 Å². The average Bonchev–Trinajstić information content (AvgIpc) is 2.91. The van der Waals surface area contributed by atoms with Crippen LogP contribution in [-0.4, -0.2) is 39.3 Å². The van der Waals surface area contributed by atoms with Crippen LogP contribution < -0.4 is 0 Å². The summed E-state index contributed by atoms with van der Waals surface area (Å²) in [5, 5.41) is 10.6. The van der Waals surface area contributed by atoms with Gasteiger partial charge >= 0.3 is 0 Å². The molecule has 0 fully saturated rings. The van der Waals surface area contributed by atoms with Crippen molar-refractivity contribution in [2.24, 2.45) is 0 Å². The molecule has 0 saturated carbocycles. The van der Waals surface area contributed by atoms with Crippen LogP contribution in [0.2, 0.25) is 0 Å². The first kappa shape index (κ1) is 18.2. The highest BCUT2D eigenvalue weighted by atomic mass is 16.3. The normalized spacial score (nSPS) is 16.7. The van der Waals surface area contributed by atoms with Crippen molar-refractivity contribution in [3.05, 3.63) is 63.7 Å². The zero-order valence-corrected chi connectivity index (χ0v) is 16.2. The predicted molar refractivity (Wildman–Crippen MR) is 106 cm³/mol. The fourth-order valence-corrected chi connectivity index (χ4v) is 3.90. The number of H-pyrrole nitrogens is 1. The maximum atomic E-state index is 12.8. The Hall–Kier alpha value is -2.62. The largest absolute Gasteiger partial charge is 0.506 e. The number of hydrogen-bond acceptors (Lipinski definition) is 2. The van der Waals surface area contributed by atoms with Crippen LogP contribution in [0, 0.1) is 13.8 Å². The second kappa shape index (κ2) is 6.94. The van der Waals surface area contributed by atoms with Crippen molar-refractivity contribution in [3.63, 3.8) is 0 Å². The summed E-state index contributed by atoms with van der Waals surface area (Å²) in [7, 11) is 0. The number of aliphatic hydroxyl groups is 1. The third-order valence-electron chi connectivity index (χ3n) is 5.41. The molecule has 136 valence electrons. The van der Waals surface area contributed by atoms with Crippen molar-refractivity contribution < 1.29 is 14.5 Å². The van der Waals surface area contributed by atoms with Gasteiger partial charge in [-0.3, -0.25) is 4.79 Å². The smallest absolute Gasteiger partial charge is 0.203 e. The number of carbonyl (C=O) groups is 1. The lowest BCUT2D eigenvalue weighted by atomic mass is 9.81. The zero-order chi connectivity index (χ0) is 19.0. The molecule has 0 aromatic carbocycles. The molecule has 1 aromatic rings. The van der Waals surface area contributed by atoms with E-state index in [-0.39, 0.29) is 11.5 Å². The van der Waals surface area contributed by atoms with Gasteiger partial charge in [-0.1, -0.05) is 6.92 Å². The number of carbonyl (C=O) groups excluding carboxylic acids is 1. The number of aromatic nitrogens is 1. The van der Waals surface area contributed by atoms with Gasteiger partial charge < -0.3 is 10.1 Å². The minimum Gasteiger partial charge on any atom is -0.506 e. The maximum Gasteiger partial charge on any atom is 0.203 e. The topological polar surface area (TPSA) is 56.1 Å². The number of allylic oxidation sites excluding steroid dienone is 7. The monoisotopic (exact) mass is 351 g/mol. The van der Waals surface area contributed by atoms with Crippen LogP contribution in [0.15, 0.2) is 41.2 Å². The molecule has 3 rings (SSSR count). The first-order chi connectivity index (χ1) is 12.4. The summed E-state index contributed by atoms with van der Waals surface area (Å²) in [4.78, 5) is 16.1. The zero-order valence-electron chi connectivity index (χ0n) is 16.2. The third kappa shape index (κ3) is 2.70. The highest BCUT2D eigenvalue weighted by molar-refractivity contribution is 6.39. The Morgan fingerprint density at radius 1 is 1.00 bits per heavy atom. The van der Waals surface area contributed by atoms with Crippen molar-refractivity contribution >= 4 is 17.1 Å². The van der Waals surface area contributed by atoms with E-state index >= 15 is 0 Å². The molecular formula is C22H27N2O2+. The van der Waals surface area contributed by atoms with Crippen LogP contribution in [0.5, 0.6) is 0 Å². The fourth-order valence-electron chi connectivity index (χ4n) is 3.90. The van der Waals surface area contributed by atoms with Crippen molar-refractivity contribution in [2.75, 3.05) is 13.1 Å². The van der Waals surface area contributed by atoms with Crippen molar-refractivity contribution in [1.29, 1.82) is 0 Å². The van der Waals surface area contributed by atoms with Gasteiger partial charge in [0, 0.05) is 17.8 Å². The molecule has 2 aliphatic carbocycles. The second-order valence-electron chi connectivity index (χ2n) is 6.73. The van der Waals surface area contributed by atoms with Gasteiger partial charge in [-0.2, -0.15) is 0 Å². The summed E-state index contributed by atoms with van der Waals surface area (Å²) >= 11 is 0. The van der Waals surface area contributed by atoms with Crippen molar-refractivity contribution in [2.45, 2.75) is 41.0 Å². The van der Waals surface area contributed by atoms with Crippen LogP contribution >= 0.6 is 0 Å². The average molecular weight is 351 g/mol. The van der Waals surface area contributed by atoms with Crippen LogP contribution in [0.3, 0.4) is 0 Å². The summed E-state index contributed by atoms with van der Waals surface area (Å²) in [5.74, 6) is 0.00249. The van der Waals surface area contributed by atoms with E-state index in [0.29, 0.717) is 11.1 Å². The van der Waals surface area contributed by atoms with E-state index in [4.69, 9.17) is 0 Å². The number of nitrogens with one attached hydrogen (secondary N) is 1. The Morgan fingerprint density at radius 2 is 1.62 bits per heavy atom. The second-order valence-corrected chi connectivity index (χ2v) is 6.73. The number of aromatic amines is 1. The molecule has 4 heteroatoms. The molecule has 2 N–H and O–H groups in total. The highest BCUT2D eigenvalue weighted by Gasteiger charge is 2.38. The standard InChI is InChI=1S/C22H26N2O2/c1-6-17-13(4)20(23-14(17)5)19-21(25)18(22(19)26)15-9-11-16(12-10-15)24(7-2)8-3/h9-12H,6-8H2,1-5H3,(H,25,26)/p+1. The van der Waals surface area contributed by atoms with Crippen LogP contribution in [0.4, 0.5) is 0 Å². The third-order valence-corrected chi connectivity index (χ3v) is 5.41. The number of ketones is 1. The van der Waals surface area contributed by atoms with E-state index in [9.17, 15) is 9.90 Å². The van der Waals surface area contributed by atoms with Gasteiger partial charge in [0.1, 0.15) is 18.8 Å². The molecule has 0 bridgehead atoms. The minimum absolute atomic E-state index is 0.0925. The van der Waals surface area contributed by atoms with Gasteiger partial charge in [0.25, 0.3) is 0 Å². The molecule has 0 radical (unpaired) electrons. The molecule has 1 aromatic heterocycles. The SMILES string of the molecule is CCc1c(C)[nH]c(C2=C(O)C(=C3C=CC(=[N+](CC)CC)C=C3)C2=O)c1C. The summed E-state index contributed by atoms with van der Waals surface area (Å²) < 4.78 is 2.25. The summed E-state index contributed by atoms with van der Waals surface area (Å²) in [6, 6.07) is 0. The van der Waals surface area contributed by atoms with E-state index < -0.39 is 0 Å². The lowest BCUT2D eigenvalue weighted by Crippen LogP contribution is -2.24. The van der Waals surface area contributed by atoms with Crippen molar-refractivity contribution in [3.8, 4) is 0 Å². The lowest BCUT2D eigenvalue weighted by Gasteiger charge is -2.23. The molecule has 0 amide bonds. The minimum atomic E-state index is -0.0925. The van der Waals surface area contributed by atoms with E-state index in [0.717, 1.165) is 47.7 Å². The number of hydrogen-bond donors (Lipinski definition) is 2. The number of aryl methyl sites for hydroxylation is 1. The molecular weight excluding hydrogens is 324 g/mol. The van der Waals surface area contributed by atoms with Crippen molar-refractivity contribution in [1.82, 2.24) is 4.98 Å². The number of nitrogens with zero attached hydrogens (tertiary/aromatic N) is 1. The van der Waals surface area contributed by atoms with Gasteiger partial charge in [0.15, 0.2) is 5.71 Å². The first-order valence-electron chi connectivity index (χ1n) is 9.33. The van der Waals surface area contributed by atoms with Gasteiger partial charge in [0.05, 0.1) is 16.8 Å². The Labute approximate surface area is 155 Å². The maximum absolute atomic E-state index is 12.8. The molecule has 0 unspecified atom stereocenters. The summed E-state index contributed by atoms with van der Waals surface area (Å²) in [5.41, 5.74) is 6.79. The molecule has 4 nitrogen and oxygen atoms in total. The quantitative estimate of drug-likeness (QED) is 0.637.